The van der Waals surface area contributed by atoms with E-state index in [9.17, 15) is 0 Å². The summed E-state index contributed by atoms with van der Waals surface area (Å²) in [6.07, 6.45) is 10.6. The van der Waals surface area contributed by atoms with E-state index in [2.05, 4.69) is 76.8 Å². The third-order valence-corrected chi connectivity index (χ3v) is 4.79. The molecule has 0 heterocycles. The molecular weight excluding hydrogens is 366 g/mol. The van der Waals surface area contributed by atoms with Crippen molar-refractivity contribution in [2.24, 2.45) is 5.11 Å². The summed E-state index contributed by atoms with van der Waals surface area (Å²) in [7, 11) is 0. The van der Waals surface area contributed by atoms with Gasteiger partial charge in [-0.25, -0.2) is 0 Å². The highest BCUT2D eigenvalue weighted by molar-refractivity contribution is 6.17. The van der Waals surface area contributed by atoms with E-state index in [1.54, 1.807) is 0 Å². The van der Waals surface area contributed by atoms with Crippen LogP contribution < -0.4 is 0 Å². The molecule has 0 N–H and O–H groups in total. The molecule has 4 heteroatoms. The third-order valence-electron chi connectivity index (χ3n) is 4.52. The molecule has 0 aliphatic heterocycles. The molecule has 0 unspecified atom stereocenters. The molecule has 0 radical (unpaired) electrons. The number of alkyl halides is 1. The van der Waals surface area contributed by atoms with E-state index < -0.39 is 0 Å². The zero-order chi connectivity index (χ0) is 19.9. The van der Waals surface area contributed by atoms with Gasteiger partial charge in [-0.05, 0) is 66.3 Å². The summed E-state index contributed by atoms with van der Waals surface area (Å²) in [5.74, 6) is 0.697. The van der Waals surface area contributed by atoms with Crippen LogP contribution in [-0.4, -0.2) is 12.4 Å². The van der Waals surface area contributed by atoms with E-state index in [1.165, 1.54) is 22.3 Å². The molecule has 2 aromatic rings. The second kappa shape index (κ2) is 13.7. The first-order valence-electron chi connectivity index (χ1n) is 9.93. The maximum absolute atomic E-state index is 8.40. The van der Waals surface area contributed by atoms with E-state index in [1.807, 2.05) is 6.07 Å². The van der Waals surface area contributed by atoms with E-state index >= 15 is 0 Å². The number of hydrogen-bond donors (Lipinski definition) is 0. The lowest BCUT2D eigenvalue weighted by Gasteiger charge is -2.14. The van der Waals surface area contributed by atoms with Crippen LogP contribution in [0.25, 0.3) is 22.1 Å². The van der Waals surface area contributed by atoms with Crippen molar-refractivity contribution < 1.29 is 0 Å². The smallest absolute Gasteiger partial charge is 0.0258 e. The molecule has 2 rings (SSSR count). The van der Waals surface area contributed by atoms with Gasteiger partial charge in [0, 0.05) is 17.3 Å². The largest absolute Gasteiger partial charge is 0.127 e. The second-order valence-corrected chi connectivity index (χ2v) is 7.04. The molecule has 2 aromatic carbocycles. The number of azide groups is 1. The maximum atomic E-state index is 8.40. The molecule has 0 aliphatic rings. The van der Waals surface area contributed by atoms with Crippen molar-refractivity contribution in [3.63, 3.8) is 0 Å². The summed E-state index contributed by atoms with van der Waals surface area (Å²) in [4.78, 5) is 2.82. The van der Waals surface area contributed by atoms with Crippen LogP contribution in [-0.2, 0) is 0 Å². The first kappa shape index (κ1) is 21.8. The van der Waals surface area contributed by atoms with Crippen LogP contribution in [0.5, 0.6) is 0 Å². The number of unbranched alkanes of at least 4 members (excludes halogenated alkanes) is 3. The zero-order valence-corrected chi connectivity index (χ0v) is 17.1. The van der Waals surface area contributed by atoms with Crippen molar-refractivity contribution in [2.75, 3.05) is 12.4 Å². The summed E-state index contributed by atoms with van der Waals surface area (Å²) < 4.78 is 0. The van der Waals surface area contributed by atoms with E-state index in [0.717, 1.165) is 38.5 Å². The Labute approximate surface area is 173 Å². The standard InChI is InChI=1S/C24H28ClN3/c25-18-10-9-16-23(20-21-12-4-1-5-13-21)24(22-14-6-2-7-15-22)17-8-3-11-19-27-28-26/h1-2,4-7,12-15,17,20H,3,8-11,16,18-19H2/b23-20-,24-17-. The van der Waals surface area contributed by atoms with Crippen molar-refractivity contribution in [3.8, 4) is 0 Å². The predicted molar refractivity (Wildman–Crippen MR) is 121 cm³/mol. The average Bonchev–Trinajstić information content (AvgIpc) is 2.74. The van der Waals surface area contributed by atoms with Gasteiger partial charge in [0.2, 0.25) is 0 Å². The summed E-state index contributed by atoms with van der Waals surface area (Å²) in [6, 6.07) is 21.0. The lowest BCUT2D eigenvalue weighted by atomic mass is 9.91. The van der Waals surface area contributed by atoms with Gasteiger partial charge >= 0.3 is 0 Å². The van der Waals surface area contributed by atoms with Crippen molar-refractivity contribution in [3.05, 3.63) is 93.9 Å². The predicted octanol–water partition coefficient (Wildman–Crippen LogP) is 8.04. The molecule has 0 fully saturated rings. The molecule has 0 bridgehead atoms. The Balaban J connectivity index is 2.28. The lowest BCUT2D eigenvalue weighted by molar-refractivity contribution is 0.755. The van der Waals surface area contributed by atoms with Gasteiger partial charge in [-0.2, -0.15) is 0 Å². The minimum Gasteiger partial charge on any atom is -0.127 e. The van der Waals surface area contributed by atoms with Crippen LogP contribution in [0.4, 0.5) is 0 Å². The quantitative estimate of drug-likeness (QED) is 0.0874. The Bertz CT molecular complexity index is 791. The van der Waals surface area contributed by atoms with Crippen LogP contribution >= 0.6 is 11.6 Å². The highest BCUT2D eigenvalue weighted by atomic mass is 35.5. The maximum Gasteiger partial charge on any atom is 0.0258 e. The van der Waals surface area contributed by atoms with Crippen molar-refractivity contribution in [1.29, 1.82) is 0 Å². The minimum absolute atomic E-state index is 0.563. The SMILES string of the molecule is [N-]=[N+]=NCCCC/C=C(\C(=C/c1ccccc1)CCCCCl)c1ccccc1. The first-order chi connectivity index (χ1) is 13.8. The Morgan fingerprint density at radius 2 is 1.64 bits per heavy atom. The van der Waals surface area contributed by atoms with Gasteiger partial charge in [0.1, 0.15) is 0 Å². The molecule has 0 atom stereocenters. The molecule has 0 aliphatic carbocycles. The highest BCUT2D eigenvalue weighted by Gasteiger charge is 2.08. The molecule has 28 heavy (non-hydrogen) atoms. The fraction of sp³-hybridized carbons (Fsp3) is 0.333. The van der Waals surface area contributed by atoms with Gasteiger partial charge in [-0.3, -0.25) is 0 Å². The first-order valence-corrected chi connectivity index (χ1v) is 10.5. The van der Waals surface area contributed by atoms with Gasteiger partial charge in [0.25, 0.3) is 0 Å². The Morgan fingerprint density at radius 3 is 2.32 bits per heavy atom. The Hall–Kier alpha value is -2.48. The lowest BCUT2D eigenvalue weighted by Crippen LogP contribution is -1.93. The Kier molecular flexibility index (Phi) is 10.6. The highest BCUT2D eigenvalue weighted by Crippen LogP contribution is 2.30. The summed E-state index contributed by atoms with van der Waals surface area (Å²) in [6.45, 7) is 0.563. The Morgan fingerprint density at radius 1 is 0.929 bits per heavy atom. The van der Waals surface area contributed by atoms with Gasteiger partial charge in [-0.15, -0.1) is 11.6 Å². The van der Waals surface area contributed by atoms with Crippen LogP contribution in [0.3, 0.4) is 0 Å². The molecular formula is C24H28ClN3. The third kappa shape index (κ3) is 8.04. The van der Waals surface area contributed by atoms with Gasteiger partial charge in [0.15, 0.2) is 0 Å². The molecule has 0 amide bonds. The number of allylic oxidation sites excluding steroid dienone is 3. The normalized spacial score (nSPS) is 11.9. The summed E-state index contributed by atoms with van der Waals surface area (Å²) >= 11 is 5.92. The monoisotopic (exact) mass is 393 g/mol. The van der Waals surface area contributed by atoms with Crippen molar-refractivity contribution in [1.82, 2.24) is 0 Å². The van der Waals surface area contributed by atoms with Crippen molar-refractivity contribution in [2.45, 2.75) is 38.5 Å². The number of halogens is 1. The molecule has 0 saturated heterocycles. The molecule has 0 saturated carbocycles. The van der Waals surface area contributed by atoms with E-state index in [-0.39, 0.29) is 0 Å². The average molecular weight is 394 g/mol. The fourth-order valence-corrected chi connectivity index (χ4v) is 3.30. The minimum atomic E-state index is 0.563. The van der Waals surface area contributed by atoms with Gasteiger partial charge in [0.05, 0.1) is 0 Å². The van der Waals surface area contributed by atoms with Crippen LogP contribution in [0, 0.1) is 0 Å². The number of rotatable bonds is 12. The summed E-state index contributed by atoms with van der Waals surface area (Å²) in [5.41, 5.74) is 13.5. The van der Waals surface area contributed by atoms with Gasteiger partial charge < -0.3 is 0 Å². The number of nitrogens with zero attached hydrogens (tertiary/aromatic N) is 3. The molecule has 146 valence electrons. The fourth-order valence-electron chi connectivity index (χ4n) is 3.12. The molecule has 3 nitrogen and oxygen atoms in total. The van der Waals surface area contributed by atoms with E-state index in [0.29, 0.717) is 12.4 Å². The van der Waals surface area contributed by atoms with E-state index in [4.69, 9.17) is 17.1 Å². The van der Waals surface area contributed by atoms with Crippen LogP contribution in [0.2, 0.25) is 0 Å². The summed E-state index contributed by atoms with van der Waals surface area (Å²) in [5, 5.41) is 3.62. The van der Waals surface area contributed by atoms with Crippen molar-refractivity contribution >= 4 is 23.3 Å². The van der Waals surface area contributed by atoms with Crippen LogP contribution in [0.1, 0.15) is 49.7 Å². The van der Waals surface area contributed by atoms with Crippen LogP contribution in [0.15, 0.2) is 77.4 Å². The van der Waals surface area contributed by atoms with Gasteiger partial charge in [-0.1, -0.05) is 77.9 Å². The number of benzene rings is 2. The second-order valence-electron chi connectivity index (χ2n) is 6.66. The molecule has 0 aromatic heterocycles. The zero-order valence-electron chi connectivity index (χ0n) is 16.3. The topological polar surface area (TPSA) is 48.8 Å². The number of hydrogen-bond acceptors (Lipinski definition) is 1. The molecule has 0 spiro atoms.